The molecule has 3 aromatic carbocycles. The maximum absolute atomic E-state index is 14.1. The first-order chi connectivity index (χ1) is 14.3. The van der Waals surface area contributed by atoms with Crippen LogP contribution in [0.3, 0.4) is 0 Å². The van der Waals surface area contributed by atoms with Crippen LogP contribution in [0.5, 0.6) is 11.5 Å². The zero-order valence-corrected chi connectivity index (χ0v) is 16.8. The van der Waals surface area contributed by atoms with Gasteiger partial charge in [0.25, 0.3) is 15.9 Å². The molecule has 0 aromatic heterocycles. The molecule has 0 atom stereocenters. The molecule has 30 heavy (non-hydrogen) atoms. The molecule has 1 aliphatic heterocycles. The van der Waals surface area contributed by atoms with E-state index in [1.807, 2.05) is 0 Å². The second kappa shape index (κ2) is 7.85. The zero-order chi connectivity index (χ0) is 21.3. The van der Waals surface area contributed by atoms with Crippen molar-refractivity contribution < 1.29 is 27.1 Å². The molecule has 0 aliphatic carbocycles. The van der Waals surface area contributed by atoms with Crippen molar-refractivity contribution in [2.75, 3.05) is 16.8 Å². The topological polar surface area (TPSA) is 93.7 Å². The number of benzene rings is 3. The Bertz CT molecular complexity index is 1250. The van der Waals surface area contributed by atoms with Crippen LogP contribution in [0.4, 0.5) is 15.8 Å². The SMILES string of the molecule is O=C(Nc1ccc2c(c1)OCO2)c1ccccc1NS(=O)(=O)c1ccc(Cl)cc1F. The largest absolute Gasteiger partial charge is 0.454 e. The first kappa shape index (κ1) is 20.0. The Balaban J connectivity index is 1.60. The monoisotopic (exact) mass is 448 g/mol. The minimum absolute atomic E-state index is 0.00917. The Labute approximate surface area is 176 Å². The van der Waals surface area contributed by atoms with Crippen molar-refractivity contribution in [2.24, 2.45) is 0 Å². The molecule has 0 bridgehead atoms. The number of halogens is 2. The van der Waals surface area contributed by atoms with E-state index in [9.17, 15) is 17.6 Å². The van der Waals surface area contributed by atoms with Crippen LogP contribution >= 0.6 is 11.6 Å². The van der Waals surface area contributed by atoms with Crippen LogP contribution in [0.1, 0.15) is 10.4 Å². The van der Waals surface area contributed by atoms with E-state index in [1.165, 1.54) is 18.2 Å². The van der Waals surface area contributed by atoms with Gasteiger partial charge < -0.3 is 14.8 Å². The predicted octanol–water partition coefficient (Wildman–Crippen LogP) is 4.26. The molecule has 0 radical (unpaired) electrons. The van der Waals surface area contributed by atoms with Crippen LogP contribution in [-0.4, -0.2) is 21.1 Å². The van der Waals surface area contributed by atoms with Gasteiger partial charge in [-0.2, -0.15) is 0 Å². The van der Waals surface area contributed by atoms with Gasteiger partial charge in [0.15, 0.2) is 11.5 Å². The summed E-state index contributed by atoms with van der Waals surface area (Å²) in [6, 6.07) is 14.1. The highest BCUT2D eigenvalue weighted by Crippen LogP contribution is 2.34. The Morgan fingerprint density at radius 3 is 2.57 bits per heavy atom. The van der Waals surface area contributed by atoms with Crippen molar-refractivity contribution in [2.45, 2.75) is 4.90 Å². The van der Waals surface area contributed by atoms with Gasteiger partial charge in [0.2, 0.25) is 6.79 Å². The van der Waals surface area contributed by atoms with Crippen LogP contribution in [0, 0.1) is 5.82 Å². The molecule has 7 nitrogen and oxygen atoms in total. The lowest BCUT2D eigenvalue weighted by molar-refractivity contribution is 0.102. The van der Waals surface area contributed by atoms with Crippen molar-refractivity contribution in [1.82, 2.24) is 0 Å². The third-order valence-electron chi connectivity index (χ3n) is 4.23. The highest BCUT2D eigenvalue weighted by atomic mass is 35.5. The Kier molecular flexibility index (Phi) is 5.23. The minimum atomic E-state index is -4.30. The molecule has 1 amide bonds. The van der Waals surface area contributed by atoms with Crippen molar-refractivity contribution >= 4 is 38.9 Å². The first-order valence-electron chi connectivity index (χ1n) is 8.61. The second-order valence-electron chi connectivity index (χ2n) is 6.25. The summed E-state index contributed by atoms with van der Waals surface area (Å²) in [5, 5.41) is 2.74. The van der Waals surface area contributed by atoms with Crippen LogP contribution < -0.4 is 19.5 Å². The lowest BCUT2D eigenvalue weighted by Crippen LogP contribution is -2.19. The summed E-state index contributed by atoms with van der Waals surface area (Å²) in [6.45, 7) is 0.0958. The van der Waals surface area contributed by atoms with E-state index in [0.29, 0.717) is 17.2 Å². The summed E-state index contributed by atoms with van der Waals surface area (Å²) in [5.74, 6) is -0.521. The number of ether oxygens (including phenoxy) is 2. The molecule has 0 saturated carbocycles. The predicted molar refractivity (Wildman–Crippen MR) is 109 cm³/mol. The lowest BCUT2D eigenvalue weighted by Gasteiger charge is -2.13. The maximum Gasteiger partial charge on any atom is 0.264 e. The fraction of sp³-hybridized carbons (Fsp3) is 0.0500. The number of hydrogen-bond donors (Lipinski definition) is 2. The highest BCUT2D eigenvalue weighted by Gasteiger charge is 2.22. The lowest BCUT2D eigenvalue weighted by atomic mass is 10.1. The Hall–Kier alpha value is -3.30. The molecule has 0 spiro atoms. The summed E-state index contributed by atoms with van der Waals surface area (Å²) >= 11 is 5.68. The third kappa shape index (κ3) is 4.03. The van der Waals surface area contributed by atoms with Gasteiger partial charge in [0.05, 0.1) is 11.3 Å². The number of carbonyl (C=O) groups is 1. The maximum atomic E-state index is 14.1. The van der Waals surface area contributed by atoms with Crippen LogP contribution in [0.25, 0.3) is 0 Å². The van der Waals surface area contributed by atoms with Gasteiger partial charge in [-0.1, -0.05) is 23.7 Å². The Morgan fingerprint density at radius 1 is 1.00 bits per heavy atom. The van der Waals surface area contributed by atoms with E-state index >= 15 is 0 Å². The normalized spacial score (nSPS) is 12.5. The number of fused-ring (bicyclic) bond motifs is 1. The molecule has 10 heteroatoms. The molecule has 0 saturated heterocycles. The summed E-state index contributed by atoms with van der Waals surface area (Å²) in [4.78, 5) is 12.2. The summed E-state index contributed by atoms with van der Waals surface area (Å²) in [6.07, 6.45) is 0. The average Bonchev–Trinajstić information content (AvgIpc) is 3.15. The van der Waals surface area contributed by atoms with E-state index in [4.69, 9.17) is 21.1 Å². The number of carbonyl (C=O) groups excluding carboxylic acids is 1. The standard InChI is InChI=1S/C20H14ClFN2O5S/c21-12-5-8-19(15(22)9-12)30(26,27)24-16-4-2-1-3-14(16)20(25)23-13-6-7-17-18(10-13)29-11-28-17/h1-10,24H,11H2,(H,23,25). The number of amides is 1. The van der Waals surface area contributed by atoms with Crippen molar-refractivity contribution in [3.05, 3.63) is 77.1 Å². The molecule has 154 valence electrons. The van der Waals surface area contributed by atoms with Crippen LogP contribution in [0.15, 0.2) is 65.6 Å². The molecule has 1 aliphatic rings. The number of rotatable bonds is 5. The number of anilines is 2. The molecular formula is C20H14ClFN2O5S. The molecule has 0 fully saturated rings. The van der Waals surface area contributed by atoms with E-state index in [2.05, 4.69) is 10.0 Å². The summed E-state index contributed by atoms with van der Waals surface area (Å²) in [5.41, 5.74) is 0.476. The molecular weight excluding hydrogens is 435 g/mol. The molecule has 2 N–H and O–H groups in total. The van der Waals surface area contributed by atoms with Gasteiger partial charge in [0.1, 0.15) is 10.7 Å². The van der Waals surface area contributed by atoms with Gasteiger partial charge in [0, 0.05) is 16.8 Å². The molecule has 1 heterocycles. The van der Waals surface area contributed by atoms with Crippen molar-refractivity contribution in [1.29, 1.82) is 0 Å². The van der Waals surface area contributed by atoms with Gasteiger partial charge in [-0.05, 0) is 42.5 Å². The van der Waals surface area contributed by atoms with E-state index in [1.54, 1.807) is 30.3 Å². The van der Waals surface area contributed by atoms with E-state index in [-0.39, 0.29) is 23.1 Å². The van der Waals surface area contributed by atoms with Gasteiger partial charge in [-0.3, -0.25) is 9.52 Å². The number of para-hydroxylation sites is 1. The number of sulfonamides is 1. The first-order valence-corrected chi connectivity index (χ1v) is 10.5. The smallest absolute Gasteiger partial charge is 0.264 e. The molecule has 3 aromatic rings. The molecule has 4 rings (SSSR count). The second-order valence-corrected chi connectivity index (χ2v) is 8.34. The number of nitrogens with one attached hydrogen (secondary N) is 2. The average molecular weight is 449 g/mol. The molecule has 0 unspecified atom stereocenters. The summed E-state index contributed by atoms with van der Waals surface area (Å²) < 4.78 is 52.1. The Morgan fingerprint density at radius 2 is 1.77 bits per heavy atom. The van der Waals surface area contributed by atoms with Crippen LogP contribution in [-0.2, 0) is 10.0 Å². The van der Waals surface area contributed by atoms with E-state index < -0.39 is 26.6 Å². The van der Waals surface area contributed by atoms with Gasteiger partial charge in [-0.15, -0.1) is 0 Å². The van der Waals surface area contributed by atoms with Gasteiger partial charge >= 0.3 is 0 Å². The quantitative estimate of drug-likeness (QED) is 0.608. The highest BCUT2D eigenvalue weighted by molar-refractivity contribution is 7.92. The zero-order valence-electron chi connectivity index (χ0n) is 15.2. The van der Waals surface area contributed by atoms with Gasteiger partial charge in [-0.25, -0.2) is 12.8 Å². The number of hydrogen-bond acceptors (Lipinski definition) is 5. The fourth-order valence-corrected chi connectivity index (χ4v) is 4.13. The summed E-state index contributed by atoms with van der Waals surface area (Å²) in [7, 11) is -4.30. The van der Waals surface area contributed by atoms with Crippen molar-refractivity contribution in [3.63, 3.8) is 0 Å². The van der Waals surface area contributed by atoms with Crippen molar-refractivity contribution in [3.8, 4) is 11.5 Å². The van der Waals surface area contributed by atoms with E-state index in [0.717, 1.165) is 12.1 Å². The third-order valence-corrected chi connectivity index (χ3v) is 5.86. The fourth-order valence-electron chi connectivity index (χ4n) is 2.84. The minimum Gasteiger partial charge on any atom is -0.454 e. The van der Waals surface area contributed by atoms with Crippen LogP contribution in [0.2, 0.25) is 5.02 Å².